The molecule has 5 aromatic rings. The third-order valence-corrected chi connectivity index (χ3v) is 6.99. The number of aromatic nitrogens is 5. The smallest absolute Gasteiger partial charge is 0.277 e. The fourth-order valence-electron chi connectivity index (χ4n) is 4.40. The van der Waals surface area contributed by atoms with E-state index in [1.54, 1.807) is 6.07 Å². The third-order valence-electron chi connectivity index (χ3n) is 6.17. The molecule has 5 rings (SSSR count). The molecule has 0 unspecified atom stereocenters. The lowest BCUT2D eigenvalue weighted by atomic mass is 10.1. The van der Waals surface area contributed by atoms with Crippen molar-refractivity contribution in [3.05, 3.63) is 93.5 Å². The molecular weight excluding hydrogens is 474 g/mol. The van der Waals surface area contributed by atoms with Gasteiger partial charge in [0.05, 0.1) is 17.7 Å². The van der Waals surface area contributed by atoms with Crippen molar-refractivity contribution in [3.63, 3.8) is 0 Å². The third kappa shape index (κ3) is 4.49. The van der Waals surface area contributed by atoms with Gasteiger partial charge in [-0.3, -0.25) is 9.59 Å². The number of benzene rings is 2. The van der Waals surface area contributed by atoms with Gasteiger partial charge in [-0.1, -0.05) is 60.3 Å². The molecular formula is C27H25N5O3S. The molecule has 0 aliphatic heterocycles. The van der Waals surface area contributed by atoms with E-state index >= 15 is 0 Å². The van der Waals surface area contributed by atoms with E-state index < -0.39 is 0 Å². The first kappa shape index (κ1) is 23.7. The van der Waals surface area contributed by atoms with Gasteiger partial charge >= 0.3 is 0 Å². The number of hydrogen-bond acceptors (Lipinski definition) is 7. The van der Waals surface area contributed by atoms with Crippen LogP contribution in [-0.4, -0.2) is 36.1 Å². The maximum Gasteiger partial charge on any atom is 0.277 e. The number of carbonyl (C=O) groups is 1. The molecule has 3 aromatic heterocycles. The predicted molar refractivity (Wildman–Crippen MR) is 139 cm³/mol. The predicted octanol–water partition coefficient (Wildman–Crippen LogP) is 4.91. The SMILES string of the molecule is CCn1c(C)cc(C(=O)CSc2nnc(-c3nn(Cc4ccccc4)c(=O)c4ccccc34)o2)c1C. The molecule has 0 fully saturated rings. The molecule has 0 atom stereocenters. The lowest BCUT2D eigenvalue weighted by molar-refractivity contribution is 0.102. The Morgan fingerprint density at radius 2 is 1.72 bits per heavy atom. The van der Waals surface area contributed by atoms with Gasteiger partial charge < -0.3 is 8.98 Å². The molecule has 0 bridgehead atoms. The highest BCUT2D eigenvalue weighted by atomic mass is 32.2. The maximum absolute atomic E-state index is 13.1. The molecule has 0 saturated carbocycles. The molecule has 9 heteroatoms. The number of fused-ring (bicyclic) bond motifs is 1. The summed E-state index contributed by atoms with van der Waals surface area (Å²) in [5.74, 6) is 0.386. The molecule has 0 N–H and O–H groups in total. The quantitative estimate of drug-likeness (QED) is 0.221. The summed E-state index contributed by atoms with van der Waals surface area (Å²) in [6.45, 7) is 7.15. The van der Waals surface area contributed by atoms with Crippen LogP contribution in [0.15, 0.2) is 75.1 Å². The normalized spacial score (nSPS) is 11.3. The number of nitrogens with zero attached hydrogens (tertiary/aromatic N) is 5. The van der Waals surface area contributed by atoms with E-state index in [-0.39, 0.29) is 28.2 Å². The van der Waals surface area contributed by atoms with Crippen molar-refractivity contribution in [2.75, 3.05) is 5.75 Å². The van der Waals surface area contributed by atoms with Gasteiger partial charge in [0, 0.05) is 28.9 Å². The summed E-state index contributed by atoms with van der Waals surface area (Å²) in [7, 11) is 0. The van der Waals surface area contributed by atoms with Gasteiger partial charge in [-0.15, -0.1) is 10.2 Å². The van der Waals surface area contributed by atoms with E-state index in [0.29, 0.717) is 28.6 Å². The number of rotatable bonds is 8. The van der Waals surface area contributed by atoms with Crippen molar-refractivity contribution in [1.29, 1.82) is 0 Å². The minimum Gasteiger partial charge on any atom is -0.409 e. The number of hydrogen-bond donors (Lipinski definition) is 0. The lowest BCUT2D eigenvalue weighted by Crippen LogP contribution is -2.24. The van der Waals surface area contributed by atoms with E-state index in [2.05, 4.69) is 26.8 Å². The van der Waals surface area contributed by atoms with Crippen molar-refractivity contribution in [2.45, 2.75) is 39.1 Å². The van der Waals surface area contributed by atoms with Crippen LogP contribution >= 0.6 is 11.8 Å². The number of aryl methyl sites for hydroxylation is 1. The summed E-state index contributed by atoms with van der Waals surface area (Å²) in [6.07, 6.45) is 0. The van der Waals surface area contributed by atoms with Crippen LogP contribution in [0.5, 0.6) is 0 Å². The van der Waals surface area contributed by atoms with Crippen LogP contribution in [0.25, 0.3) is 22.4 Å². The Bertz CT molecular complexity index is 1620. The first-order chi connectivity index (χ1) is 17.5. The fourth-order valence-corrected chi connectivity index (χ4v) is 5.04. The van der Waals surface area contributed by atoms with Crippen LogP contribution in [0.3, 0.4) is 0 Å². The first-order valence-electron chi connectivity index (χ1n) is 11.7. The molecule has 0 spiro atoms. The molecule has 0 aliphatic carbocycles. The van der Waals surface area contributed by atoms with Crippen LogP contribution in [0, 0.1) is 13.8 Å². The average Bonchev–Trinajstić information content (AvgIpc) is 3.48. The van der Waals surface area contributed by atoms with Crippen LogP contribution in [0.4, 0.5) is 0 Å². The summed E-state index contributed by atoms with van der Waals surface area (Å²) in [6, 6.07) is 18.8. The number of ketones is 1. The lowest BCUT2D eigenvalue weighted by Gasteiger charge is -2.09. The van der Waals surface area contributed by atoms with Gasteiger partial charge in [0.2, 0.25) is 0 Å². The summed E-state index contributed by atoms with van der Waals surface area (Å²) < 4.78 is 9.42. The molecule has 0 amide bonds. The zero-order valence-corrected chi connectivity index (χ0v) is 21.1. The number of Topliss-reactive ketones (excluding diaryl/α,β-unsaturated/α-hetero) is 1. The van der Waals surface area contributed by atoms with Crippen LogP contribution < -0.4 is 5.56 Å². The van der Waals surface area contributed by atoms with Gasteiger partial charge in [0.25, 0.3) is 16.7 Å². The highest BCUT2D eigenvalue weighted by molar-refractivity contribution is 7.99. The molecule has 0 aliphatic rings. The average molecular weight is 500 g/mol. The van der Waals surface area contributed by atoms with Crippen LogP contribution in [-0.2, 0) is 13.1 Å². The highest BCUT2D eigenvalue weighted by Crippen LogP contribution is 2.27. The highest BCUT2D eigenvalue weighted by Gasteiger charge is 2.20. The van der Waals surface area contributed by atoms with Crippen molar-refractivity contribution in [3.8, 4) is 11.6 Å². The van der Waals surface area contributed by atoms with E-state index in [1.165, 1.54) is 16.4 Å². The van der Waals surface area contributed by atoms with Crippen molar-refractivity contribution >= 4 is 28.3 Å². The van der Waals surface area contributed by atoms with E-state index in [4.69, 9.17) is 4.42 Å². The molecule has 0 radical (unpaired) electrons. The fraction of sp³-hybridized carbons (Fsp3) is 0.222. The van der Waals surface area contributed by atoms with Crippen molar-refractivity contribution in [2.24, 2.45) is 0 Å². The number of thioether (sulfide) groups is 1. The Hall–Kier alpha value is -3.98. The second kappa shape index (κ2) is 9.94. The van der Waals surface area contributed by atoms with Gasteiger partial charge in [0.1, 0.15) is 0 Å². The van der Waals surface area contributed by atoms with Gasteiger partial charge in [-0.25, -0.2) is 4.68 Å². The summed E-state index contributed by atoms with van der Waals surface area (Å²) >= 11 is 1.19. The standard InChI is InChI=1S/C27H25N5O3S/c1-4-31-17(2)14-22(18(31)3)23(33)16-36-27-29-28-25(35-27)24-20-12-8-9-13-21(20)26(34)32(30-24)15-19-10-6-5-7-11-19/h5-14H,4,15-16H2,1-3H3. The molecule has 3 heterocycles. The zero-order chi connectivity index (χ0) is 25.2. The van der Waals surface area contributed by atoms with Crippen molar-refractivity contribution < 1.29 is 9.21 Å². The molecule has 0 saturated heterocycles. The summed E-state index contributed by atoms with van der Waals surface area (Å²) in [5.41, 5.74) is 3.93. The number of carbonyl (C=O) groups excluding carboxylic acids is 1. The minimum atomic E-state index is -0.192. The Morgan fingerprint density at radius 3 is 2.44 bits per heavy atom. The zero-order valence-electron chi connectivity index (χ0n) is 20.3. The monoisotopic (exact) mass is 499 g/mol. The van der Waals surface area contributed by atoms with Crippen LogP contribution in [0.1, 0.15) is 34.2 Å². The minimum absolute atomic E-state index is 0.00698. The Balaban J connectivity index is 1.43. The van der Waals surface area contributed by atoms with E-state index in [0.717, 1.165) is 23.5 Å². The molecule has 182 valence electrons. The second-order valence-electron chi connectivity index (χ2n) is 8.46. The molecule has 2 aromatic carbocycles. The largest absolute Gasteiger partial charge is 0.409 e. The van der Waals surface area contributed by atoms with Gasteiger partial charge in [-0.2, -0.15) is 5.10 Å². The van der Waals surface area contributed by atoms with E-state index in [1.807, 2.05) is 68.4 Å². The maximum atomic E-state index is 13.1. The van der Waals surface area contributed by atoms with E-state index in [9.17, 15) is 9.59 Å². The molecule has 8 nitrogen and oxygen atoms in total. The Kier molecular flexibility index (Phi) is 6.56. The first-order valence-corrected chi connectivity index (χ1v) is 12.6. The van der Waals surface area contributed by atoms with Gasteiger partial charge in [0.15, 0.2) is 11.5 Å². The summed E-state index contributed by atoms with van der Waals surface area (Å²) in [4.78, 5) is 26.0. The molecule has 36 heavy (non-hydrogen) atoms. The van der Waals surface area contributed by atoms with Crippen molar-refractivity contribution in [1.82, 2.24) is 24.5 Å². The summed E-state index contributed by atoms with van der Waals surface area (Å²) in [5, 5.41) is 14.3. The topological polar surface area (TPSA) is 95.8 Å². The Morgan fingerprint density at radius 1 is 1.00 bits per heavy atom. The van der Waals surface area contributed by atoms with Crippen LogP contribution in [0.2, 0.25) is 0 Å². The van der Waals surface area contributed by atoms with Gasteiger partial charge in [-0.05, 0) is 38.5 Å². The second-order valence-corrected chi connectivity index (χ2v) is 9.38. The Labute approximate surface area is 212 Å².